The largest absolute Gasteiger partial charge is 0.497 e. The number of hydrogen-bond donors (Lipinski definition) is 0. The van der Waals surface area contributed by atoms with E-state index in [-0.39, 0.29) is 16.8 Å². The van der Waals surface area contributed by atoms with Crippen LogP contribution in [-0.4, -0.2) is 27.7 Å². The fraction of sp³-hybridized carbons (Fsp3) is 0.367. The summed E-state index contributed by atoms with van der Waals surface area (Å²) in [5.74, 6) is 0.679. The Morgan fingerprint density at radius 2 is 1.84 bits per heavy atom. The maximum atomic E-state index is 14.0. The highest BCUT2D eigenvalue weighted by atomic mass is 32.2. The summed E-state index contributed by atoms with van der Waals surface area (Å²) in [4.78, 5) is 34.5. The molecule has 7 heteroatoms. The lowest BCUT2D eigenvalue weighted by molar-refractivity contribution is 0.0993. The second-order valence-corrected chi connectivity index (χ2v) is 13.0. The Kier molecular flexibility index (Phi) is 7.03. The zero-order valence-electron chi connectivity index (χ0n) is 22.0. The van der Waals surface area contributed by atoms with Crippen LogP contribution in [0.2, 0.25) is 0 Å². The van der Waals surface area contributed by atoms with Gasteiger partial charge in [0.2, 0.25) is 0 Å². The number of methoxy groups -OCH3 is 1. The molecule has 0 N–H and O–H groups in total. The Morgan fingerprint density at radius 3 is 2.54 bits per heavy atom. The van der Waals surface area contributed by atoms with Gasteiger partial charge in [-0.25, -0.2) is 4.98 Å². The molecule has 4 aromatic rings. The lowest BCUT2D eigenvalue weighted by Crippen LogP contribution is -2.24. The number of benzene rings is 2. The SMILES string of the molecule is COc1cccc(-n2c(S[C@@H](C)C(=O)c3ccc(C(C)(C)C)cc3)nc3sc4c(c3c2=O)CCCC4)c1. The molecule has 5 rings (SSSR count). The monoisotopic (exact) mass is 532 g/mol. The minimum atomic E-state index is -0.420. The average Bonchev–Trinajstić information content (AvgIpc) is 3.26. The summed E-state index contributed by atoms with van der Waals surface area (Å²) in [6.07, 6.45) is 4.14. The molecule has 0 aliphatic heterocycles. The van der Waals surface area contributed by atoms with Crippen molar-refractivity contribution in [3.05, 3.63) is 80.5 Å². The van der Waals surface area contributed by atoms with Crippen molar-refractivity contribution in [2.45, 2.75) is 69.2 Å². The van der Waals surface area contributed by atoms with Gasteiger partial charge < -0.3 is 4.74 Å². The molecule has 0 saturated carbocycles. The van der Waals surface area contributed by atoms with Crippen LogP contribution in [0.25, 0.3) is 15.9 Å². The summed E-state index contributed by atoms with van der Waals surface area (Å²) < 4.78 is 7.09. The molecular formula is C30H32N2O3S2. The molecule has 37 heavy (non-hydrogen) atoms. The fourth-order valence-corrected chi connectivity index (χ4v) is 7.13. The third-order valence-corrected chi connectivity index (χ3v) is 9.19. The molecule has 0 unspecified atom stereocenters. The number of rotatable bonds is 6. The summed E-state index contributed by atoms with van der Waals surface area (Å²) in [7, 11) is 1.61. The molecule has 0 fully saturated rings. The summed E-state index contributed by atoms with van der Waals surface area (Å²) in [6, 6.07) is 15.3. The molecule has 2 heterocycles. The van der Waals surface area contributed by atoms with Gasteiger partial charge in [-0.2, -0.15) is 0 Å². The van der Waals surface area contributed by atoms with E-state index in [2.05, 4.69) is 20.8 Å². The number of aromatic nitrogens is 2. The molecule has 1 atom stereocenters. The number of ketones is 1. The predicted molar refractivity (Wildman–Crippen MR) is 153 cm³/mol. The summed E-state index contributed by atoms with van der Waals surface area (Å²) in [5, 5.41) is 0.830. The van der Waals surface area contributed by atoms with Gasteiger partial charge in [0.25, 0.3) is 5.56 Å². The summed E-state index contributed by atoms with van der Waals surface area (Å²) in [6.45, 7) is 8.36. The van der Waals surface area contributed by atoms with Crippen LogP contribution in [0.1, 0.15) is 66.9 Å². The Labute approximate surface area is 225 Å². The van der Waals surface area contributed by atoms with Crippen molar-refractivity contribution < 1.29 is 9.53 Å². The molecule has 0 saturated heterocycles. The van der Waals surface area contributed by atoms with Crippen LogP contribution in [0, 0.1) is 0 Å². The van der Waals surface area contributed by atoms with Crippen LogP contribution in [0.15, 0.2) is 58.5 Å². The van der Waals surface area contributed by atoms with E-state index in [1.165, 1.54) is 22.2 Å². The van der Waals surface area contributed by atoms with Crippen molar-refractivity contribution >= 4 is 39.1 Å². The van der Waals surface area contributed by atoms with Gasteiger partial charge in [0.1, 0.15) is 10.6 Å². The lowest BCUT2D eigenvalue weighted by Gasteiger charge is -2.19. The highest BCUT2D eigenvalue weighted by Gasteiger charge is 2.26. The predicted octanol–water partition coefficient (Wildman–Crippen LogP) is 7.00. The van der Waals surface area contributed by atoms with Crippen LogP contribution in [-0.2, 0) is 18.3 Å². The fourth-order valence-electron chi connectivity index (χ4n) is 4.82. The first-order chi connectivity index (χ1) is 17.7. The Bertz CT molecular complexity index is 1530. The van der Waals surface area contributed by atoms with Crippen molar-refractivity contribution in [2.75, 3.05) is 7.11 Å². The average molecular weight is 533 g/mol. The maximum Gasteiger partial charge on any atom is 0.267 e. The molecule has 192 valence electrons. The molecule has 0 bridgehead atoms. The Hall–Kier alpha value is -2.90. The van der Waals surface area contributed by atoms with Gasteiger partial charge in [-0.1, -0.05) is 62.9 Å². The molecule has 0 amide bonds. The number of thioether (sulfide) groups is 1. The molecule has 0 spiro atoms. The number of aryl methyl sites for hydroxylation is 2. The van der Waals surface area contributed by atoms with Crippen LogP contribution in [0.4, 0.5) is 0 Å². The van der Waals surface area contributed by atoms with Gasteiger partial charge in [0, 0.05) is 16.5 Å². The highest BCUT2D eigenvalue weighted by molar-refractivity contribution is 8.00. The second kappa shape index (κ2) is 10.1. The van der Waals surface area contributed by atoms with E-state index in [4.69, 9.17) is 9.72 Å². The van der Waals surface area contributed by atoms with Crippen molar-refractivity contribution in [3.63, 3.8) is 0 Å². The topological polar surface area (TPSA) is 61.2 Å². The number of fused-ring (bicyclic) bond motifs is 3. The number of carbonyl (C=O) groups is 1. The van der Waals surface area contributed by atoms with E-state index in [1.807, 2.05) is 55.5 Å². The van der Waals surface area contributed by atoms with Crippen LogP contribution < -0.4 is 10.3 Å². The van der Waals surface area contributed by atoms with Gasteiger partial charge in [-0.05, 0) is 61.3 Å². The van der Waals surface area contributed by atoms with E-state index in [1.54, 1.807) is 23.0 Å². The van der Waals surface area contributed by atoms with Gasteiger partial charge in [-0.15, -0.1) is 11.3 Å². The number of ether oxygens (including phenoxy) is 1. The first kappa shape index (κ1) is 25.7. The summed E-state index contributed by atoms with van der Waals surface area (Å²) >= 11 is 2.96. The summed E-state index contributed by atoms with van der Waals surface area (Å²) in [5.41, 5.74) is 3.63. The first-order valence-electron chi connectivity index (χ1n) is 12.7. The number of carbonyl (C=O) groups excluding carboxylic acids is 1. The molecule has 1 aliphatic carbocycles. The number of hydrogen-bond acceptors (Lipinski definition) is 6. The van der Waals surface area contributed by atoms with Gasteiger partial charge >= 0.3 is 0 Å². The van der Waals surface area contributed by atoms with E-state index in [0.717, 1.165) is 41.5 Å². The molecule has 2 aromatic carbocycles. The molecule has 1 aliphatic rings. The lowest BCUT2D eigenvalue weighted by atomic mass is 9.86. The quantitative estimate of drug-likeness (QED) is 0.152. The van der Waals surface area contributed by atoms with Gasteiger partial charge in [0.05, 0.1) is 23.4 Å². The molecule has 5 nitrogen and oxygen atoms in total. The standard InChI is InChI=1S/C30H32N2O3S2/c1-18(26(33)19-13-15-20(16-14-19)30(2,3)4)36-29-31-27-25(23-11-6-7-12-24(23)37-27)28(34)32(29)21-9-8-10-22(17-21)35-5/h8-10,13-18H,6-7,11-12H2,1-5H3/t18-/m0/s1. The zero-order chi connectivity index (χ0) is 26.3. The Morgan fingerprint density at radius 1 is 1.11 bits per heavy atom. The van der Waals surface area contributed by atoms with Gasteiger partial charge in [0.15, 0.2) is 10.9 Å². The van der Waals surface area contributed by atoms with Crippen LogP contribution in [0.3, 0.4) is 0 Å². The third-order valence-electron chi connectivity index (χ3n) is 6.96. The molecule has 2 aromatic heterocycles. The number of Topliss-reactive ketones (excluding diaryl/α,β-unsaturated/α-hetero) is 1. The second-order valence-electron chi connectivity index (χ2n) is 10.6. The minimum absolute atomic E-state index is 0.0162. The van der Waals surface area contributed by atoms with Crippen molar-refractivity contribution in [2.24, 2.45) is 0 Å². The highest BCUT2D eigenvalue weighted by Crippen LogP contribution is 2.36. The van der Waals surface area contributed by atoms with E-state index in [9.17, 15) is 9.59 Å². The third kappa shape index (κ3) is 4.99. The number of nitrogens with zero attached hydrogens (tertiary/aromatic N) is 2. The normalized spacial score (nSPS) is 14.4. The first-order valence-corrected chi connectivity index (χ1v) is 14.4. The van der Waals surface area contributed by atoms with E-state index in [0.29, 0.717) is 22.2 Å². The van der Waals surface area contributed by atoms with Crippen molar-refractivity contribution in [1.29, 1.82) is 0 Å². The van der Waals surface area contributed by atoms with E-state index < -0.39 is 5.25 Å². The van der Waals surface area contributed by atoms with Crippen LogP contribution >= 0.6 is 23.1 Å². The maximum absolute atomic E-state index is 14.0. The number of thiophene rings is 1. The van der Waals surface area contributed by atoms with Crippen molar-refractivity contribution in [3.8, 4) is 11.4 Å². The van der Waals surface area contributed by atoms with Crippen molar-refractivity contribution in [1.82, 2.24) is 9.55 Å². The smallest absolute Gasteiger partial charge is 0.267 e. The zero-order valence-corrected chi connectivity index (χ0v) is 23.6. The Balaban J connectivity index is 1.58. The van der Waals surface area contributed by atoms with Gasteiger partial charge in [-0.3, -0.25) is 14.2 Å². The molecular weight excluding hydrogens is 500 g/mol. The van der Waals surface area contributed by atoms with E-state index >= 15 is 0 Å². The molecule has 0 radical (unpaired) electrons. The van der Waals surface area contributed by atoms with Crippen LogP contribution in [0.5, 0.6) is 5.75 Å². The minimum Gasteiger partial charge on any atom is -0.497 e.